The molecule has 0 aromatic rings. The van der Waals surface area contributed by atoms with Crippen LogP contribution in [0.5, 0.6) is 0 Å². The van der Waals surface area contributed by atoms with Crippen LogP contribution in [-0.2, 0) is 28.6 Å². The summed E-state index contributed by atoms with van der Waals surface area (Å²) in [5.41, 5.74) is 0. The van der Waals surface area contributed by atoms with E-state index in [1.165, 1.54) is 116 Å². The molecule has 1 atom stereocenters. The summed E-state index contributed by atoms with van der Waals surface area (Å²) in [4.78, 5) is 38.2. The van der Waals surface area contributed by atoms with Crippen LogP contribution in [0.2, 0.25) is 0 Å². The molecule has 0 heterocycles. The molecule has 1 unspecified atom stereocenters. The van der Waals surface area contributed by atoms with E-state index in [1.807, 2.05) is 0 Å². The molecule has 0 saturated carbocycles. The fourth-order valence-electron chi connectivity index (χ4n) is 8.30. The van der Waals surface area contributed by atoms with Gasteiger partial charge in [-0.3, -0.25) is 14.4 Å². The van der Waals surface area contributed by atoms with Crippen LogP contribution in [0, 0.1) is 0 Å². The molecule has 0 amide bonds. The van der Waals surface area contributed by atoms with Crippen LogP contribution in [0.15, 0.2) is 97.2 Å². The molecule has 0 fully saturated rings. The maximum Gasteiger partial charge on any atom is 0.306 e. The third-order valence-electron chi connectivity index (χ3n) is 12.8. The summed E-state index contributed by atoms with van der Waals surface area (Å²) in [6, 6.07) is 0. The number of hydrogen-bond donors (Lipinski definition) is 0. The molecule has 0 spiro atoms. The normalized spacial score (nSPS) is 12.8. The predicted octanol–water partition coefficient (Wildman–Crippen LogP) is 20.5. The number of unbranched alkanes of at least 4 members (excludes halogenated alkanes) is 27. The van der Waals surface area contributed by atoms with Gasteiger partial charge in [-0.1, -0.05) is 259 Å². The van der Waals surface area contributed by atoms with Crippen molar-refractivity contribution in [1.82, 2.24) is 0 Å². The fourth-order valence-corrected chi connectivity index (χ4v) is 8.30. The Morgan fingerprint density at radius 1 is 0.292 bits per heavy atom. The smallest absolute Gasteiger partial charge is 0.306 e. The highest BCUT2D eigenvalue weighted by molar-refractivity contribution is 5.71. The number of hydrogen-bond acceptors (Lipinski definition) is 6. The standard InChI is InChI=1S/C66H112O6/c1-4-7-10-13-16-19-22-25-27-28-29-30-31-32-33-34-35-36-37-38-40-41-44-47-50-53-56-59-65(68)71-62-63(61-70-64(67)58-55-52-49-46-43-24-21-18-15-12-9-6-3)72-66(69)60-57-54-51-48-45-42-39-26-23-20-17-14-11-8-5-2/h7,10,16-17,19-20,25-27,29-30,32-33,35-36,39,63H,4-6,8-9,11-15,18,21-24,28,31,34,37-38,40-62H2,1-3H3/b10-7-,19-16-,20-17-,27-25-,30-29-,33-32-,36-35-,39-26-. The van der Waals surface area contributed by atoms with E-state index in [9.17, 15) is 14.4 Å². The average Bonchev–Trinajstić information content (AvgIpc) is 3.38. The number of esters is 3. The zero-order valence-corrected chi connectivity index (χ0v) is 47.2. The minimum atomic E-state index is -0.787. The monoisotopic (exact) mass is 1000 g/mol. The van der Waals surface area contributed by atoms with E-state index >= 15 is 0 Å². The number of carbonyl (C=O) groups is 3. The van der Waals surface area contributed by atoms with E-state index in [4.69, 9.17) is 14.2 Å². The molecular formula is C66H112O6. The van der Waals surface area contributed by atoms with Gasteiger partial charge in [-0.2, -0.15) is 0 Å². The van der Waals surface area contributed by atoms with Crippen LogP contribution in [0.25, 0.3) is 0 Å². The zero-order chi connectivity index (χ0) is 52.2. The summed E-state index contributed by atoms with van der Waals surface area (Å²) in [5, 5.41) is 0. The minimum Gasteiger partial charge on any atom is -0.462 e. The van der Waals surface area contributed by atoms with Gasteiger partial charge in [-0.15, -0.1) is 0 Å². The molecular weight excluding hydrogens is 889 g/mol. The van der Waals surface area contributed by atoms with Crippen molar-refractivity contribution < 1.29 is 28.6 Å². The van der Waals surface area contributed by atoms with Gasteiger partial charge >= 0.3 is 17.9 Å². The van der Waals surface area contributed by atoms with Gasteiger partial charge in [0.1, 0.15) is 13.2 Å². The molecule has 0 aliphatic rings. The van der Waals surface area contributed by atoms with E-state index in [2.05, 4.69) is 118 Å². The molecule has 0 aromatic carbocycles. The lowest BCUT2D eigenvalue weighted by molar-refractivity contribution is -0.167. The van der Waals surface area contributed by atoms with Crippen LogP contribution in [0.3, 0.4) is 0 Å². The Kier molecular flexibility index (Phi) is 56.8. The molecule has 72 heavy (non-hydrogen) atoms. The second-order valence-electron chi connectivity index (χ2n) is 19.9. The van der Waals surface area contributed by atoms with E-state index in [1.54, 1.807) is 0 Å². The van der Waals surface area contributed by atoms with E-state index in [-0.39, 0.29) is 31.1 Å². The Morgan fingerprint density at radius 2 is 0.542 bits per heavy atom. The van der Waals surface area contributed by atoms with Gasteiger partial charge in [-0.05, 0) is 103 Å². The molecule has 0 N–H and O–H groups in total. The number of carbonyl (C=O) groups excluding carboxylic acids is 3. The Balaban J connectivity index is 4.31. The lowest BCUT2D eigenvalue weighted by Crippen LogP contribution is -2.30. The van der Waals surface area contributed by atoms with Crippen molar-refractivity contribution >= 4 is 17.9 Å². The van der Waals surface area contributed by atoms with Crippen molar-refractivity contribution in [2.24, 2.45) is 0 Å². The molecule has 0 saturated heterocycles. The first-order valence-electron chi connectivity index (χ1n) is 30.2. The molecule has 0 aromatic heterocycles. The summed E-state index contributed by atoms with van der Waals surface area (Å²) >= 11 is 0. The van der Waals surface area contributed by atoms with Gasteiger partial charge in [0.25, 0.3) is 0 Å². The summed E-state index contributed by atoms with van der Waals surface area (Å²) in [6.45, 7) is 6.49. The minimum absolute atomic E-state index is 0.0837. The average molecular weight is 1000 g/mol. The maximum absolute atomic E-state index is 12.8. The highest BCUT2D eigenvalue weighted by Crippen LogP contribution is 2.15. The highest BCUT2D eigenvalue weighted by Gasteiger charge is 2.19. The zero-order valence-electron chi connectivity index (χ0n) is 47.2. The first-order valence-corrected chi connectivity index (χ1v) is 30.2. The molecule has 0 aliphatic heterocycles. The Bertz CT molecular complexity index is 1430. The van der Waals surface area contributed by atoms with Crippen molar-refractivity contribution in [1.29, 1.82) is 0 Å². The van der Waals surface area contributed by atoms with Crippen molar-refractivity contribution in [3.05, 3.63) is 97.2 Å². The molecule has 0 radical (unpaired) electrons. The number of ether oxygens (including phenoxy) is 3. The largest absolute Gasteiger partial charge is 0.462 e. The van der Waals surface area contributed by atoms with Crippen molar-refractivity contribution in [3.63, 3.8) is 0 Å². The van der Waals surface area contributed by atoms with Crippen LogP contribution >= 0.6 is 0 Å². The van der Waals surface area contributed by atoms with Crippen molar-refractivity contribution in [3.8, 4) is 0 Å². The van der Waals surface area contributed by atoms with E-state index in [0.717, 1.165) is 128 Å². The van der Waals surface area contributed by atoms with Gasteiger partial charge in [0, 0.05) is 19.3 Å². The van der Waals surface area contributed by atoms with Crippen LogP contribution in [0.1, 0.15) is 284 Å². The second-order valence-corrected chi connectivity index (χ2v) is 19.9. The quantitative estimate of drug-likeness (QED) is 0.0261. The highest BCUT2D eigenvalue weighted by atomic mass is 16.6. The Hall–Kier alpha value is -3.67. The van der Waals surface area contributed by atoms with Crippen LogP contribution in [-0.4, -0.2) is 37.2 Å². The van der Waals surface area contributed by atoms with Crippen LogP contribution in [0.4, 0.5) is 0 Å². The Morgan fingerprint density at radius 3 is 0.875 bits per heavy atom. The third-order valence-corrected chi connectivity index (χ3v) is 12.8. The van der Waals surface area contributed by atoms with Crippen molar-refractivity contribution in [2.45, 2.75) is 290 Å². The third kappa shape index (κ3) is 57.2. The van der Waals surface area contributed by atoms with Gasteiger partial charge in [0.15, 0.2) is 6.10 Å². The molecule has 412 valence electrons. The van der Waals surface area contributed by atoms with Crippen molar-refractivity contribution in [2.75, 3.05) is 13.2 Å². The maximum atomic E-state index is 12.8. The molecule has 6 heteroatoms. The lowest BCUT2D eigenvalue weighted by atomic mass is 10.0. The van der Waals surface area contributed by atoms with Gasteiger partial charge in [-0.25, -0.2) is 0 Å². The summed E-state index contributed by atoms with van der Waals surface area (Å²) in [6.07, 6.45) is 79.7. The fraction of sp³-hybridized carbons (Fsp3) is 0.712. The van der Waals surface area contributed by atoms with Crippen LogP contribution < -0.4 is 0 Å². The van der Waals surface area contributed by atoms with E-state index < -0.39 is 6.10 Å². The first-order chi connectivity index (χ1) is 35.5. The summed E-state index contributed by atoms with van der Waals surface area (Å²) in [5.74, 6) is -0.900. The second kappa shape index (κ2) is 59.9. The van der Waals surface area contributed by atoms with E-state index in [0.29, 0.717) is 19.3 Å². The molecule has 0 bridgehead atoms. The predicted molar refractivity (Wildman–Crippen MR) is 311 cm³/mol. The summed E-state index contributed by atoms with van der Waals surface area (Å²) < 4.78 is 16.9. The SMILES string of the molecule is CC/C=C\C/C=C\C/C=C\C/C=C\C/C=C\C/C=C\CCCCCCCCCCC(=O)OCC(COC(=O)CCCCCCCCCCCCCC)OC(=O)CCCCCCC/C=C\C/C=C\CCCCC. The first kappa shape index (κ1) is 68.3. The van der Waals surface area contributed by atoms with Gasteiger partial charge < -0.3 is 14.2 Å². The lowest BCUT2D eigenvalue weighted by Gasteiger charge is -2.18. The summed E-state index contributed by atoms with van der Waals surface area (Å²) in [7, 11) is 0. The number of allylic oxidation sites excluding steroid dienone is 16. The molecule has 6 nitrogen and oxygen atoms in total. The molecule has 0 rings (SSSR count). The topological polar surface area (TPSA) is 78.9 Å². The Labute approximate surface area is 445 Å². The number of rotatable bonds is 54. The van der Waals surface area contributed by atoms with Gasteiger partial charge in [0.05, 0.1) is 0 Å². The van der Waals surface area contributed by atoms with Gasteiger partial charge in [0.2, 0.25) is 0 Å². The molecule has 0 aliphatic carbocycles.